The van der Waals surface area contributed by atoms with Crippen molar-refractivity contribution in [2.75, 3.05) is 5.32 Å². The number of nitrogens with zero attached hydrogens (tertiary/aromatic N) is 1. The van der Waals surface area contributed by atoms with Crippen molar-refractivity contribution in [3.8, 4) is 0 Å². The Hall–Kier alpha value is -2.37. The number of benzene rings is 1. The van der Waals surface area contributed by atoms with Crippen molar-refractivity contribution in [1.29, 1.82) is 0 Å². The van der Waals surface area contributed by atoms with Gasteiger partial charge in [0.15, 0.2) is 11.5 Å². The fraction of sp³-hybridized carbons (Fsp3) is 0. The first-order valence-corrected chi connectivity index (χ1v) is 4.94. The molecular formula is C12H7F3N2O. The largest absolute Gasteiger partial charge is 0.321 e. The van der Waals surface area contributed by atoms with Gasteiger partial charge in [-0.25, -0.2) is 18.2 Å². The monoisotopic (exact) mass is 252 g/mol. The van der Waals surface area contributed by atoms with Crippen molar-refractivity contribution in [3.05, 3.63) is 59.7 Å². The maximum Gasteiger partial charge on any atom is 0.277 e. The van der Waals surface area contributed by atoms with Crippen molar-refractivity contribution >= 4 is 11.6 Å². The van der Waals surface area contributed by atoms with E-state index >= 15 is 0 Å². The zero-order valence-corrected chi connectivity index (χ0v) is 8.95. The van der Waals surface area contributed by atoms with E-state index in [1.807, 2.05) is 0 Å². The van der Waals surface area contributed by atoms with Gasteiger partial charge in [-0.1, -0.05) is 0 Å². The van der Waals surface area contributed by atoms with Gasteiger partial charge in [0.25, 0.3) is 5.91 Å². The van der Waals surface area contributed by atoms with Gasteiger partial charge in [-0.3, -0.25) is 4.79 Å². The molecule has 0 bridgehead atoms. The number of amides is 1. The standard InChI is InChI=1S/C12H7F3N2O/c13-7-1-3-9(4-2-7)17-12(18)11-10(15)5-8(14)6-16-11/h1-6H,(H,17,18). The molecule has 6 heteroatoms. The van der Waals surface area contributed by atoms with Crippen LogP contribution in [0.2, 0.25) is 0 Å². The molecule has 1 heterocycles. The average Bonchev–Trinajstić information content (AvgIpc) is 2.32. The summed E-state index contributed by atoms with van der Waals surface area (Å²) < 4.78 is 38.5. The number of carbonyl (C=O) groups is 1. The van der Waals surface area contributed by atoms with Crippen LogP contribution in [0.4, 0.5) is 18.9 Å². The van der Waals surface area contributed by atoms with Crippen LogP contribution in [0, 0.1) is 17.5 Å². The normalized spacial score (nSPS) is 10.2. The van der Waals surface area contributed by atoms with E-state index in [0.29, 0.717) is 6.07 Å². The highest BCUT2D eigenvalue weighted by Crippen LogP contribution is 2.12. The lowest BCUT2D eigenvalue weighted by molar-refractivity contribution is 0.101. The Balaban J connectivity index is 2.19. The lowest BCUT2D eigenvalue weighted by Gasteiger charge is -2.05. The van der Waals surface area contributed by atoms with Crippen LogP contribution in [0.1, 0.15) is 10.5 Å². The summed E-state index contributed by atoms with van der Waals surface area (Å²) in [4.78, 5) is 15.0. The van der Waals surface area contributed by atoms with Gasteiger partial charge >= 0.3 is 0 Å². The van der Waals surface area contributed by atoms with Gasteiger partial charge in [0, 0.05) is 11.8 Å². The van der Waals surface area contributed by atoms with Crippen LogP contribution in [-0.4, -0.2) is 10.9 Å². The summed E-state index contributed by atoms with van der Waals surface area (Å²) in [5, 5.41) is 2.32. The first kappa shape index (κ1) is 12.1. The van der Waals surface area contributed by atoms with Crippen molar-refractivity contribution < 1.29 is 18.0 Å². The highest BCUT2D eigenvalue weighted by atomic mass is 19.1. The number of pyridine rings is 1. The van der Waals surface area contributed by atoms with E-state index in [-0.39, 0.29) is 5.69 Å². The number of rotatable bonds is 2. The highest BCUT2D eigenvalue weighted by Gasteiger charge is 2.14. The first-order chi connectivity index (χ1) is 8.56. The number of carbonyl (C=O) groups excluding carboxylic acids is 1. The van der Waals surface area contributed by atoms with Crippen LogP contribution < -0.4 is 5.32 Å². The van der Waals surface area contributed by atoms with Gasteiger partial charge in [-0.05, 0) is 24.3 Å². The maximum absolute atomic E-state index is 13.2. The summed E-state index contributed by atoms with van der Waals surface area (Å²) in [5.41, 5.74) is -0.243. The summed E-state index contributed by atoms with van der Waals surface area (Å²) in [5.74, 6) is -3.22. The van der Waals surface area contributed by atoms with E-state index in [1.165, 1.54) is 12.1 Å². The molecule has 1 amide bonds. The highest BCUT2D eigenvalue weighted by molar-refractivity contribution is 6.02. The molecule has 0 aliphatic carbocycles. The average molecular weight is 252 g/mol. The van der Waals surface area contributed by atoms with Crippen LogP contribution in [0.3, 0.4) is 0 Å². The van der Waals surface area contributed by atoms with Crippen molar-refractivity contribution in [2.45, 2.75) is 0 Å². The molecule has 18 heavy (non-hydrogen) atoms. The molecule has 1 aromatic carbocycles. The Morgan fingerprint density at radius 3 is 2.33 bits per heavy atom. The Morgan fingerprint density at radius 2 is 1.72 bits per heavy atom. The number of anilines is 1. The lowest BCUT2D eigenvalue weighted by Crippen LogP contribution is -2.15. The molecule has 3 nitrogen and oxygen atoms in total. The van der Waals surface area contributed by atoms with E-state index in [9.17, 15) is 18.0 Å². The van der Waals surface area contributed by atoms with E-state index < -0.39 is 29.1 Å². The number of nitrogens with one attached hydrogen (secondary N) is 1. The van der Waals surface area contributed by atoms with Crippen LogP contribution in [0.15, 0.2) is 36.5 Å². The Labute approximate surface area is 100 Å². The second-order valence-electron chi connectivity index (χ2n) is 3.44. The molecule has 0 saturated heterocycles. The molecule has 2 rings (SSSR count). The third-order valence-corrected chi connectivity index (χ3v) is 2.12. The molecular weight excluding hydrogens is 245 g/mol. The number of hydrogen-bond donors (Lipinski definition) is 1. The molecule has 92 valence electrons. The minimum Gasteiger partial charge on any atom is -0.321 e. The van der Waals surface area contributed by atoms with E-state index in [4.69, 9.17) is 0 Å². The SMILES string of the molecule is O=C(Nc1ccc(F)cc1)c1ncc(F)cc1F. The summed E-state index contributed by atoms with van der Waals surface area (Å²) >= 11 is 0. The minimum atomic E-state index is -1.06. The molecule has 2 aromatic rings. The van der Waals surface area contributed by atoms with Gasteiger partial charge < -0.3 is 5.32 Å². The van der Waals surface area contributed by atoms with Gasteiger partial charge in [0.1, 0.15) is 11.6 Å². The van der Waals surface area contributed by atoms with Crippen molar-refractivity contribution in [2.24, 2.45) is 0 Å². The molecule has 0 spiro atoms. The first-order valence-electron chi connectivity index (χ1n) is 4.94. The third kappa shape index (κ3) is 2.65. The number of hydrogen-bond acceptors (Lipinski definition) is 2. The van der Waals surface area contributed by atoms with Crippen molar-refractivity contribution in [1.82, 2.24) is 4.98 Å². The van der Waals surface area contributed by atoms with Gasteiger partial charge in [-0.2, -0.15) is 0 Å². The molecule has 1 N–H and O–H groups in total. The Bertz CT molecular complexity index is 584. The smallest absolute Gasteiger partial charge is 0.277 e. The lowest BCUT2D eigenvalue weighted by atomic mass is 10.2. The predicted octanol–water partition coefficient (Wildman–Crippen LogP) is 2.75. The summed E-state index contributed by atoms with van der Waals surface area (Å²) in [6.07, 6.45) is 0.739. The zero-order chi connectivity index (χ0) is 13.1. The molecule has 0 aliphatic heterocycles. The zero-order valence-electron chi connectivity index (χ0n) is 8.95. The quantitative estimate of drug-likeness (QED) is 0.892. The van der Waals surface area contributed by atoms with Crippen LogP contribution in [0.25, 0.3) is 0 Å². The fourth-order valence-electron chi connectivity index (χ4n) is 1.31. The second-order valence-corrected chi connectivity index (χ2v) is 3.44. The van der Waals surface area contributed by atoms with Crippen LogP contribution in [0.5, 0.6) is 0 Å². The van der Waals surface area contributed by atoms with Crippen molar-refractivity contribution in [3.63, 3.8) is 0 Å². The van der Waals surface area contributed by atoms with E-state index in [2.05, 4.69) is 10.3 Å². The topological polar surface area (TPSA) is 42.0 Å². The van der Waals surface area contributed by atoms with Crippen LogP contribution in [-0.2, 0) is 0 Å². The maximum atomic E-state index is 13.2. The predicted molar refractivity (Wildman–Crippen MR) is 58.5 cm³/mol. The molecule has 0 atom stereocenters. The number of halogens is 3. The third-order valence-electron chi connectivity index (χ3n) is 2.12. The Morgan fingerprint density at radius 1 is 1.06 bits per heavy atom. The summed E-state index contributed by atoms with van der Waals surface area (Å²) in [6, 6.07) is 5.48. The van der Waals surface area contributed by atoms with E-state index in [0.717, 1.165) is 18.3 Å². The molecule has 0 aliphatic rings. The second kappa shape index (κ2) is 4.87. The molecule has 1 aromatic heterocycles. The molecule has 0 fully saturated rings. The number of aromatic nitrogens is 1. The van der Waals surface area contributed by atoms with Gasteiger partial charge in [-0.15, -0.1) is 0 Å². The van der Waals surface area contributed by atoms with E-state index in [1.54, 1.807) is 0 Å². The summed E-state index contributed by atoms with van der Waals surface area (Å²) in [6.45, 7) is 0. The molecule has 0 radical (unpaired) electrons. The fourth-order valence-corrected chi connectivity index (χ4v) is 1.31. The molecule has 0 saturated carbocycles. The Kier molecular flexibility index (Phi) is 3.27. The minimum absolute atomic E-state index is 0.284. The summed E-state index contributed by atoms with van der Waals surface area (Å²) in [7, 11) is 0. The van der Waals surface area contributed by atoms with Gasteiger partial charge in [0.05, 0.1) is 6.20 Å². The molecule has 0 unspecified atom stereocenters. The van der Waals surface area contributed by atoms with Gasteiger partial charge in [0.2, 0.25) is 0 Å². The van der Waals surface area contributed by atoms with Crippen LogP contribution >= 0.6 is 0 Å².